The van der Waals surface area contributed by atoms with Gasteiger partial charge in [-0.15, -0.1) is 0 Å². The zero-order valence-electron chi connectivity index (χ0n) is 13.9. The van der Waals surface area contributed by atoms with Crippen molar-refractivity contribution in [1.82, 2.24) is 4.31 Å². The molecule has 134 valence electrons. The molecule has 2 N–H and O–H groups in total. The van der Waals surface area contributed by atoms with Gasteiger partial charge in [-0.1, -0.05) is 12.1 Å². The molecule has 0 fully saturated rings. The third kappa shape index (κ3) is 4.25. The normalized spacial score (nSPS) is 11.5. The number of carbonyl (C=O) groups is 2. The van der Waals surface area contributed by atoms with Crippen LogP contribution < -0.4 is 5.32 Å². The summed E-state index contributed by atoms with van der Waals surface area (Å²) in [5.74, 6) is -1.28. The molecule has 0 aliphatic carbocycles. The number of nitrogens with one attached hydrogen (secondary N) is 1. The Balaban J connectivity index is 2.19. The van der Waals surface area contributed by atoms with Crippen LogP contribution >= 0.6 is 0 Å². The lowest BCUT2D eigenvalue weighted by molar-refractivity contribution is -0.136. The minimum absolute atomic E-state index is 0.107. The Kier molecular flexibility index (Phi) is 5.29. The summed E-state index contributed by atoms with van der Waals surface area (Å²) < 4.78 is 30.3. The fraction of sp³-hybridized carbons (Fsp3) is 0.250. The average Bonchev–Trinajstić information content (AvgIpc) is 2.91. The molecule has 2 rings (SSSR count). The molecule has 0 saturated carbocycles. The minimum Gasteiger partial charge on any atom is -0.481 e. The lowest BCUT2D eigenvalue weighted by Gasteiger charge is -2.07. The van der Waals surface area contributed by atoms with Gasteiger partial charge in [0.15, 0.2) is 0 Å². The molecular formula is C16H18N2O6S. The van der Waals surface area contributed by atoms with Crippen molar-refractivity contribution in [3.63, 3.8) is 0 Å². The van der Waals surface area contributed by atoms with Gasteiger partial charge >= 0.3 is 5.97 Å². The summed E-state index contributed by atoms with van der Waals surface area (Å²) in [5, 5.41) is 11.0. The van der Waals surface area contributed by atoms with Gasteiger partial charge in [-0.05, 0) is 24.6 Å². The molecule has 0 bridgehead atoms. The van der Waals surface area contributed by atoms with E-state index in [1.54, 1.807) is 24.3 Å². The van der Waals surface area contributed by atoms with E-state index in [4.69, 9.17) is 9.52 Å². The molecule has 1 heterocycles. The standard InChI is InChI=1S/C16H18N2O6S/c1-10-13(9-15(24-10)25(22,23)18(2)3)16(21)17-12-6-4-11(5-7-12)8-14(19)20/h4-7,9H,8H2,1-3H3,(H,17,21)(H,19,20). The molecule has 0 radical (unpaired) electrons. The quantitative estimate of drug-likeness (QED) is 0.804. The summed E-state index contributed by atoms with van der Waals surface area (Å²) in [6.07, 6.45) is -0.110. The van der Waals surface area contributed by atoms with Gasteiger partial charge in [0.2, 0.25) is 5.09 Å². The fourth-order valence-corrected chi connectivity index (χ4v) is 2.92. The summed E-state index contributed by atoms with van der Waals surface area (Å²) >= 11 is 0. The molecule has 0 unspecified atom stereocenters. The highest BCUT2D eigenvalue weighted by atomic mass is 32.2. The van der Waals surface area contributed by atoms with Crippen molar-refractivity contribution in [2.45, 2.75) is 18.4 Å². The van der Waals surface area contributed by atoms with Gasteiger partial charge < -0.3 is 14.8 Å². The molecule has 9 heteroatoms. The van der Waals surface area contributed by atoms with Gasteiger partial charge in [0.1, 0.15) is 5.76 Å². The van der Waals surface area contributed by atoms with Gasteiger partial charge in [0, 0.05) is 25.8 Å². The maximum atomic E-state index is 12.3. The van der Waals surface area contributed by atoms with Gasteiger partial charge in [0.05, 0.1) is 12.0 Å². The predicted octanol–water partition coefficient (Wildman–Crippen LogP) is 1.72. The first-order chi connectivity index (χ1) is 11.6. The molecule has 1 aromatic heterocycles. The zero-order valence-corrected chi connectivity index (χ0v) is 14.8. The highest BCUT2D eigenvalue weighted by Gasteiger charge is 2.25. The monoisotopic (exact) mass is 366 g/mol. The number of aliphatic carboxylic acids is 1. The molecule has 0 spiro atoms. The number of carboxylic acids is 1. The van der Waals surface area contributed by atoms with Crippen LogP contribution in [-0.4, -0.2) is 43.8 Å². The highest BCUT2D eigenvalue weighted by molar-refractivity contribution is 7.88. The number of nitrogens with zero attached hydrogens (tertiary/aromatic N) is 1. The van der Waals surface area contributed by atoms with Crippen LogP contribution in [0, 0.1) is 6.92 Å². The molecule has 1 amide bonds. The van der Waals surface area contributed by atoms with E-state index in [0.29, 0.717) is 11.3 Å². The van der Waals surface area contributed by atoms with E-state index in [-0.39, 0.29) is 22.8 Å². The van der Waals surface area contributed by atoms with E-state index < -0.39 is 21.9 Å². The molecule has 25 heavy (non-hydrogen) atoms. The molecule has 0 atom stereocenters. The van der Waals surface area contributed by atoms with E-state index >= 15 is 0 Å². The summed E-state index contributed by atoms with van der Waals surface area (Å²) in [6, 6.07) is 7.51. The van der Waals surface area contributed by atoms with E-state index in [2.05, 4.69) is 5.32 Å². The average molecular weight is 366 g/mol. The first-order valence-corrected chi connectivity index (χ1v) is 8.70. The minimum atomic E-state index is -3.77. The van der Waals surface area contributed by atoms with E-state index in [1.165, 1.54) is 27.1 Å². The first kappa shape index (κ1) is 18.7. The molecule has 8 nitrogen and oxygen atoms in total. The van der Waals surface area contributed by atoms with Gasteiger partial charge in [-0.25, -0.2) is 12.7 Å². The van der Waals surface area contributed by atoms with E-state index in [1.807, 2.05) is 0 Å². The summed E-state index contributed by atoms with van der Waals surface area (Å²) in [4.78, 5) is 23.0. The lowest BCUT2D eigenvalue weighted by atomic mass is 10.1. The van der Waals surface area contributed by atoms with Crippen LogP contribution in [0.4, 0.5) is 5.69 Å². The highest BCUT2D eigenvalue weighted by Crippen LogP contribution is 2.22. The Hall–Kier alpha value is -2.65. The maximum Gasteiger partial charge on any atom is 0.307 e. The number of furan rings is 1. The number of rotatable bonds is 6. The summed E-state index contributed by atoms with van der Waals surface area (Å²) in [7, 11) is -1.04. The van der Waals surface area contributed by atoms with Gasteiger partial charge in [0.25, 0.3) is 15.9 Å². The van der Waals surface area contributed by atoms with Crippen molar-refractivity contribution >= 4 is 27.6 Å². The topological polar surface area (TPSA) is 117 Å². The van der Waals surface area contributed by atoms with Crippen molar-refractivity contribution in [1.29, 1.82) is 0 Å². The molecule has 2 aromatic rings. The number of aryl methyl sites for hydroxylation is 1. The van der Waals surface area contributed by atoms with Crippen LogP contribution in [0.5, 0.6) is 0 Å². The fourth-order valence-electron chi connectivity index (χ4n) is 2.07. The SMILES string of the molecule is Cc1oc(S(=O)(=O)N(C)C)cc1C(=O)Nc1ccc(CC(=O)O)cc1. The summed E-state index contributed by atoms with van der Waals surface area (Å²) in [5.41, 5.74) is 1.16. The molecule has 0 saturated heterocycles. The third-order valence-electron chi connectivity index (χ3n) is 3.44. The predicted molar refractivity (Wildman–Crippen MR) is 90.1 cm³/mol. The Morgan fingerprint density at radius 1 is 1.20 bits per heavy atom. The Morgan fingerprint density at radius 2 is 1.80 bits per heavy atom. The third-order valence-corrected chi connectivity index (χ3v) is 5.11. The second-order valence-electron chi connectivity index (χ2n) is 5.54. The number of hydrogen-bond acceptors (Lipinski definition) is 5. The van der Waals surface area contributed by atoms with Crippen molar-refractivity contribution in [3.05, 3.63) is 47.2 Å². The Bertz CT molecular complexity index is 897. The molecule has 0 aliphatic rings. The zero-order chi connectivity index (χ0) is 18.8. The number of benzene rings is 1. The largest absolute Gasteiger partial charge is 0.481 e. The molecule has 0 aliphatic heterocycles. The smallest absolute Gasteiger partial charge is 0.307 e. The lowest BCUT2D eigenvalue weighted by Crippen LogP contribution is -2.21. The number of carbonyl (C=O) groups excluding carboxylic acids is 1. The van der Waals surface area contributed by atoms with E-state index in [9.17, 15) is 18.0 Å². The number of anilines is 1. The Labute approximate surface area is 145 Å². The van der Waals surface area contributed by atoms with Gasteiger partial charge in [-0.2, -0.15) is 0 Å². The molecular weight excluding hydrogens is 348 g/mol. The van der Waals surface area contributed by atoms with E-state index in [0.717, 1.165) is 4.31 Å². The van der Waals surface area contributed by atoms with Crippen LogP contribution in [0.25, 0.3) is 0 Å². The van der Waals surface area contributed by atoms with Crippen molar-refractivity contribution in [2.24, 2.45) is 0 Å². The summed E-state index contributed by atoms with van der Waals surface area (Å²) in [6.45, 7) is 1.50. The van der Waals surface area contributed by atoms with Crippen LogP contribution in [-0.2, 0) is 21.2 Å². The van der Waals surface area contributed by atoms with Crippen LogP contribution in [0.3, 0.4) is 0 Å². The maximum absolute atomic E-state index is 12.3. The van der Waals surface area contributed by atoms with Crippen molar-refractivity contribution in [2.75, 3.05) is 19.4 Å². The number of amides is 1. The number of carboxylic acid groups (broad SMARTS) is 1. The second kappa shape index (κ2) is 7.08. The van der Waals surface area contributed by atoms with Crippen LogP contribution in [0.2, 0.25) is 0 Å². The van der Waals surface area contributed by atoms with Crippen LogP contribution in [0.1, 0.15) is 21.7 Å². The number of hydrogen-bond donors (Lipinski definition) is 2. The van der Waals surface area contributed by atoms with Crippen molar-refractivity contribution < 1.29 is 27.5 Å². The molecule has 1 aromatic carbocycles. The second-order valence-corrected chi connectivity index (χ2v) is 7.63. The Morgan fingerprint density at radius 3 is 2.32 bits per heavy atom. The van der Waals surface area contributed by atoms with Crippen molar-refractivity contribution in [3.8, 4) is 0 Å². The number of sulfonamides is 1. The van der Waals surface area contributed by atoms with Crippen LogP contribution in [0.15, 0.2) is 39.8 Å². The van der Waals surface area contributed by atoms with Gasteiger partial charge in [-0.3, -0.25) is 9.59 Å². The first-order valence-electron chi connectivity index (χ1n) is 7.26.